The van der Waals surface area contributed by atoms with Gasteiger partial charge in [-0.3, -0.25) is 0 Å². The van der Waals surface area contributed by atoms with Gasteiger partial charge >= 0.3 is 0 Å². The summed E-state index contributed by atoms with van der Waals surface area (Å²) in [5.74, 6) is 0. The number of hydrogen-bond donors (Lipinski definition) is 1. The van der Waals surface area contributed by atoms with Crippen LogP contribution in [0.15, 0.2) is 24.3 Å². The fraction of sp³-hybridized carbons (Fsp3) is 0.538. The zero-order valence-electron chi connectivity index (χ0n) is 10.5. The van der Waals surface area contributed by atoms with Crippen LogP contribution in [0.4, 0.5) is 8.78 Å². The van der Waals surface area contributed by atoms with Gasteiger partial charge in [-0.15, -0.1) is 0 Å². The standard InChI is InChI=1S/C13H19F2NO/c1-13(2,17-3)9-16-8-10-5-4-6-11(7-10)12(14)15/h4-7,12,16H,8-9H2,1-3H3. The van der Waals surface area contributed by atoms with Crippen molar-refractivity contribution >= 4 is 0 Å². The lowest BCUT2D eigenvalue weighted by Gasteiger charge is -2.23. The Bertz CT molecular complexity index is 353. The first-order chi connectivity index (χ1) is 7.94. The largest absolute Gasteiger partial charge is 0.377 e. The van der Waals surface area contributed by atoms with Crippen molar-refractivity contribution in [2.75, 3.05) is 13.7 Å². The van der Waals surface area contributed by atoms with Crippen molar-refractivity contribution in [3.8, 4) is 0 Å². The van der Waals surface area contributed by atoms with E-state index in [0.717, 1.165) is 5.56 Å². The molecule has 0 saturated heterocycles. The number of nitrogens with one attached hydrogen (secondary N) is 1. The van der Waals surface area contributed by atoms with E-state index in [2.05, 4.69) is 5.32 Å². The number of halogens is 2. The summed E-state index contributed by atoms with van der Waals surface area (Å²) in [5, 5.41) is 3.19. The maximum atomic E-state index is 12.5. The molecule has 0 atom stereocenters. The minimum Gasteiger partial charge on any atom is -0.377 e. The molecule has 0 fully saturated rings. The third kappa shape index (κ3) is 4.79. The fourth-order valence-electron chi connectivity index (χ4n) is 1.42. The van der Waals surface area contributed by atoms with Crippen LogP contribution in [-0.4, -0.2) is 19.3 Å². The summed E-state index contributed by atoms with van der Waals surface area (Å²) < 4.78 is 30.2. The number of alkyl halides is 2. The van der Waals surface area contributed by atoms with Crippen LogP contribution in [0.1, 0.15) is 31.4 Å². The molecule has 1 aromatic rings. The first kappa shape index (κ1) is 14.1. The molecule has 0 bridgehead atoms. The highest BCUT2D eigenvalue weighted by molar-refractivity contribution is 5.24. The van der Waals surface area contributed by atoms with E-state index in [9.17, 15) is 8.78 Å². The Morgan fingerprint density at radius 1 is 1.35 bits per heavy atom. The lowest BCUT2D eigenvalue weighted by atomic mass is 10.1. The molecule has 17 heavy (non-hydrogen) atoms. The van der Waals surface area contributed by atoms with Gasteiger partial charge in [0.05, 0.1) is 5.60 Å². The van der Waals surface area contributed by atoms with Crippen LogP contribution >= 0.6 is 0 Å². The lowest BCUT2D eigenvalue weighted by Crippen LogP contribution is -2.36. The van der Waals surface area contributed by atoms with Gasteiger partial charge in [0.15, 0.2) is 0 Å². The molecular weight excluding hydrogens is 224 g/mol. The molecule has 0 unspecified atom stereocenters. The molecule has 0 aliphatic rings. The Morgan fingerprint density at radius 3 is 2.65 bits per heavy atom. The Balaban J connectivity index is 2.50. The van der Waals surface area contributed by atoms with Crippen LogP contribution in [0, 0.1) is 0 Å². The number of methoxy groups -OCH3 is 1. The SMILES string of the molecule is COC(C)(C)CNCc1cccc(C(F)F)c1. The molecule has 96 valence electrons. The van der Waals surface area contributed by atoms with Gasteiger partial charge in [-0.25, -0.2) is 8.78 Å². The minimum atomic E-state index is -2.41. The molecule has 0 heterocycles. The number of ether oxygens (including phenoxy) is 1. The molecule has 0 aliphatic heterocycles. The van der Waals surface area contributed by atoms with Crippen LogP contribution in [-0.2, 0) is 11.3 Å². The van der Waals surface area contributed by atoms with Gasteiger partial charge in [0, 0.05) is 25.8 Å². The Hall–Kier alpha value is -1.00. The van der Waals surface area contributed by atoms with E-state index in [1.54, 1.807) is 13.2 Å². The van der Waals surface area contributed by atoms with Crippen molar-refractivity contribution < 1.29 is 13.5 Å². The summed E-state index contributed by atoms with van der Waals surface area (Å²) >= 11 is 0. The highest BCUT2D eigenvalue weighted by Crippen LogP contribution is 2.19. The van der Waals surface area contributed by atoms with Crippen molar-refractivity contribution in [3.05, 3.63) is 35.4 Å². The van der Waals surface area contributed by atoms with Crippen molar-refractivity contribution in [1.29, 1.82) is 0 Å². The van der Waals surface area contributed by atoms with E-state index in [0.29, 0.717) is 13.1 Å². The third-order valence-electron chi connectivity index (χ3n) is 2.64. The lowest BCUT2D eigenvalue weighted by molar-refractivity contribution is 0.0230. The van der Waals surface area contributed by atoms with E-state index in [4.69, 9.17) is 4.74 Å². The Morgan fingerprint density at radius 2 is 2.06 bits per heavy atom. The molecule has 0 spiro atoms. The highest BCUT2D eigenvalue weighted by Gasteiger charge is 2.15. The van der Waals surface area contributed by atoms with Gasteiger partial charge in [0.25, 0.3) is 6.43 Å². The van der Waals surface area contributed by atoms with Gasteiger partial charge in [-0.2, -0.15) is 0 Å². The summed E-state index contributed by atoms with van der Waals surface area (Å²) in [7, 11) is 1.65. The fourth-order valence-corrected chi connectivity index (χ4v) is 1.42. The van der Waals surface area contributed by atoms with Crippen LogP contribution in [0.25, 0.3) is 0 Å². The summed E-state index contributed by atoms with van der Waals surface area (Å²) in [6.07, 6.45) is -2.41. The molecule has 1 aromatic carbocycles. The maximum absolute atomic E-state index is 12.5. The van der Waals surface area contributed by atoms with Crippen molar-refractivity contribution in [1.82, 2.24) is 5.32 Å². The second kappa shape index (κ2) is 6.07. The molecule has 1 N–H and O–H groups in total. The topological polar surface area (TPSA) is 21.3 Å². The molecule has 4 heteroatoms. The monoisotopic (exact) mass is 243 g/mol. The zero-order chi connectivity index (χ0) is 12.9. The third-order valence-corrected chi connectivity index (χ3v) is 2.64. The van der Waals surface area contributed by atoms with E-state index in [-0.39, 0.29) is 11.2 Å². The molecule has 1 rings (SSSR count). The summed E-state index contributed by atoms with van der Waals surface area (Å²) in [4.78, 5) is 0. The van der Waals surface area contributed by atoms with E-state index < -0.39 is 6.43 Å². The molecule has 0 aliphatic carbocycles. The van der Waals surface area contributed by atoms with Gasteiger partial charge in [-0.05, 0) is 25.5 Å². The van der Waals surface area contributed by atoms with Gasteiger partial charge in [-0.1, -0.05) is 18.2 Å². The number of hydrogen-bond acceptors (Lipinski definition) is 2. The summed E-state index contributed by atoms with van der Waals surface area (Å²) in [6, 6.07) is 6.45. The molecule has 0 radical (unpaired) electrons. The molecule has 0 amide bonds. The molecular formula is C13H19F2NO. The quantitative estimate of drug-likeness (QED) is 0.828. The van der Waals surface area contributed by atoms with Crippen LogP contribution < -0.4 is 5.32 Å². The molecule has 2 nitrogen and oxygen atoms in total. The first-order valence-electron chi connectivity index (χ1n) is 5.57. The average molecular weight is 243 g/mol. The molecule has 0 aromatic heterocycles. The normalized spacial score (nSPS) is 12.1. The van der Waals surface area contributed by atoms with Crippen molar-refractivity contribution in [3.63, 3.8) is 0 Å². The highest BCUT2D eigenvalue weighted by atomic mass is 19.3. The summed E-state index contributed by atoms with van der Waals surface area (Å²) in [5.41, 5.74) is 0.672. The van der Waals surface area contributed by atoms with E-state index in [1.807, 2.05) is 19.9 Å². The summed E-state index contributed by atoms with van der Waals surface area (Å²) in [6.45, 7) is 5.17. The van der Waals surface area contributed by atoms with Gasteiger partial charge in [0.1, 0.15) is 0 Å². The predicted molar refractivity (Wildman–Crippen MR) is 64.2 cm³/mol. The number of rotatable bonds is 6. The average Bonchev–Trinajstić information content (AvgIpc) is 2.29. The second-order valence-corrected chi connectivity index (χ2v) is 4.61. The smallest absolute Gasteiger partial charge is 0.263 e. The van der Waals surface area contributed by atoms with E-state index >= 15 is 0 Å². The Labute approximate surface area is 101 Å². The van der Waals surface area contributed by atoms with Crippen molar-refractivity contribution in [2.45, 2.75) is 32.4 Å². The maximum Gasteiger partial charge on any atom is 0.263 e. The van der Waals surface area contributed by atoms with Crippen LogP contribution in [0.3, 0.4) is 0 Å². The second-order valence-electron chi connectivity index (χ2n) is 4.61. The Kier molecular flexibility index (Phi) is 5.02. The minimum absolute atomic E-state index is 0.0651. The zero-order valence-corrected chi connectivity index (χ0v) is 10.5. The number of benzene rings is 1. The first-order valence-corrected chi connectivity index (χ1v) is 5.57. The van der Waals surface area contributed by atoms with E-state index in [1.165, 1.54) is 12.1 Å². The predicted octanol–water partition coefficient (Wildman–Crippen LogP) is 3.14. The van der Waals surface area contributed by atoms with Crippen LogP contribution in [0.5, 0.6) is 0 Å². The van der Waals surface area contributed by atoms with Crippen LogP contribution in [0.2, 0.25) is 0 Å². The van der Waals surface area contributed by atoms with Gasteiger partial charge < -0.3 is 10.1 Å². The van der Waals surface area contributed by atoms with Crippen molar-refractivity contribution in [2.24, 2.45) is 0 Å². The molecule has 0 saturated carbocycles. The van der Waals surface area contributed by atoms with Gasteiger partial charge in [0.2, 0.25) is 0 Å².